The summed E-state index contributed by atoms with van der Waals surface area (Å²) in [7, 11) is 0. The van der Waals surface area contributed by atoms with Crippen LogP contribution in [-0.4, -0.2) is 66.2 Å². The molecule has 2 saturated carbocycles. The van der Waals surface area contributed by atoms with Crippen molar-refractivity contribution in [2.45, 2.75) is 137 Å². The second-order valence-electron chi connectivity index (χ2n) is 20.3. The van der Waals surface area contributed by atoms with Gasteiger partial charge in [0.05, 0.1) is 58.8 Å². The van der Waals surface area contributed by atoms with Gasteiger partial charge in [0.1, 0.15) is 12.7 Å². The number of hydrogen-bond acceptors (Lipinski definition) is 8. The molecule has 424 valence electrons. The summed E-state index contributed by atoms with van der Waals surface area (Å²) in [6.45, 7) is 2.62. The number of nitrogens with zero attached hydrogens (tertiary/aromatic N) is 4. The van der Waals surface area contributed by atoms with Gasteiger partial charge in [-0.05, 0) is 137 Å². The average Bonchev–Trinajstić information content (AvgIpc) is 4.09. The number of aliphatic hydroxyl groups excluding tert-OH is 2. The number of nitrogens with one attached hydrogen (secondary N) is 2. The lowest BCUT2D eigenvalue weighted by Gasteiger charge is -2.47. The Morgan fingerprint density at radius 2 is 0.795 bits per heavy atom. The van der Waals surface area contributed by atoms with Crippen molar-refractivity contribution in [3.8, 4) is 0 Å². The van der Waals surface area contributed by atoms with Crippen molar-refractivity contribution in [3.63, 3.8) is 0 Å². The van der Waals surface area contributed by atoms with E-state index in [9.17, 15) is 72.5 Å². The second-order valence-corrected chi connectivity index (χ2v) is 20.3. The molecule has 4 aromatic carbocycles. The lowest BCUT2D eigenvalue weighted by atomic mass is 9.63. The number of H-pyrrole nitrogens is 2. The minimum absolute atomic E-state index is 0.0330. The minimum atomic E-state index is -4.95. The highest BCUT2D eigenvalue weighted by atomic mass is 19.4. The lowest BCUT2D eigenvalue weighted by Crippen LogP contribution is -2.48. The molecule has 8 rings (SSSR count). The number of ether oxygens (including phenoxy) is 2. The van der Waals surface area contributed by atoms with Crippen LogP contribution in [0, 0.1) is 0 Å². The molecule has 0 bridgehead atoms. The van der Waals surface area contributed by atoms with Crippen molar-refractivity contribution >= 4 is 0 Å². The third-order valence-corrected chi connectivity index (χ3v) is 15.7. The van der Waals surface area contributed by atoms with Gasteiger partial charge in [0.25, 0.3) is 0 Å². The van der Waals surface area contributed by atoms with Crippen LogP contribution < -0.4 is 11.4 Å². The number of hydrogen-bond donors (Lipinski definition) is 4. The first-order chi connectivity index (χ1) is 36.6. The van der Waals surface area contributed by atoms with Gasteiger partial charge in [-0.1, -0.05) is 60.7 Å². The van der Waals surface area contributed by atoms with E-state index >= 15 is 0 Å². The topological polar surface area (TPSA) is 160 Å². The van der Waals surface area contributed by atoms with E-state index in [1.165, 1.54) is 35.6 Å². The van der Waals surface area contributed by atoms with E-state index in [0.29, 0.717) is 88.5 Å². The monoisotopic (exact) mass is 1110 g/mol. The number of benzene rings is 4. The highest BCUT2D eigenvalue weighted by Gasteiger charge is 2.48. The zero-order chi connectivity index (χ0) is 57.0. The Bertz CT molecular complexity index is 2760. The molecule has 24 heteroatoms. The molecule has 2 aliphatic carbocycles. The van der Waals surface area contributed by atoms with E-state index in [1.54, 1.807) is 0 Å². The van der Waals surface area contributed by atoms with E-state index in [0.717, 1.165) is 11.1 Å². The van der Waals surface area contributed by atoms with Crippen LogP contribution in [0.3, 0.4) is 0 Å². The van der Waals surface area contributed by atoms with Gasteiger partial charge in [-0.2, -0.15) is 62.9 Å². The van der Waals surface area contributed by atoms with E-state index in [-0.39, 0.29) is 49.7 Å². The molecule has 0 aliphatic heterocycles. The van der Waals surface area contributed by atoms with Crippen LogP contribution in [0.15, 0.2) is 119 Å². The summed E-state index contributed by atoms with van der Waals surface area (Å²) in [5, 5.41) is 31.9. The largest absolute Gasteiger partial charge is 0.416 e. The van der Waals surface area contributed by atoms with Crippen molar-refractivity contribution in [1.29, 1.82) is 0 Å². The van der Waals surface area contributed by atoms with Gasteiger partial charge < -0.3 is 19.7 Å². The Labute approximate surface area is 439 Å². The van der Waals surface area contributed by atoms with Crippen LogP contribution in [0.25, 0.3) is 0 Å². The summed E-state index contributed by atoms with van der Waals surface area (Å²) in [4.78, 5) is 24.8. The molecule has 0 saturated heterocycles. The summed E-state index contributed by atoms with van der Waals surface area (Å²) in [6.07, 6.45) is -14.6. The first-order valence-electron chi connectivity index (χ1n) is 25.0. The first kappa shape index (κ1) is 59.4. The molecule has 0 unspecified atom stereocenters. The first-order valence-corrected chi connectivity index (χ1v) is 25.0. The molecular weight excluding hydrogens is 1060 g/mol. The molecule has 2 atom stereocenters. The predicted octanol–water partition coefficient (Wildman–Crippen LogP) is 12.0. The number of aliphatic hydroxyl groups is 2. The smallest absolute Gasteiger partial charge is 0.396 e. The maximum absolute atomic E-state index is 13.4. The van der Waals surface area contributed by atoms with Crippen LogP contribution in [0.4, 0.5) is 52.7 Å². The molecule has 6 aromatic rings. The molecular formula is C54H58F12N6O6. The Balaban J connectivity index is 0.000000226. The van der Waals surface area contributed by atoms with E-state index in [4.69, 9.17) is 9.47 Å². The summed E-state index contributed by atoms with van der Waals surface area (Å²) < 4.78 is 176. The maximum Gasteiger partial charge on any atom is 0.416 e. The van der Waals surface area contributed by atoms with Crippen LogP contribution in [0.2, 0.25) is 0 Å². The molecule has 2 aliphatic rings. The van der Waals surface area contributed by atoms with Gasteiger partial charge in [-0.25, -0.2) is 19.8 Å². The lowest BCUT2D eigenvalue weighted by molar-refractivity contribution is -0.145. The number of alkyl halides is 12. The third kappa shape index (κ3) is 13.3. The predicted molar refractivity (Wildman–Crippen MR) is 260 cm³/mol. The summed E-state index contributed by atoms with van der Waals surface area (Å²) >= 11 is 0. The number of halogens is 12. The molecule has 78 heavy (non-hydrogen) atoms. The van der Waals surface area contributed by atoms with E-state index < -0.39 is 92.5 Å². The highest BCUT2D eigenvalue weighted by Crippen LogP contribution is 2.50. The van der Waals surface area contributed by atoms with Gasteiger partial charge in [0.2, 0.25) is 0 Å². The average molecular weight is 1120 g/mol. The second kappa shape index (κ2) is 23.2. The molecule has 4 N–H and O–H groups in total. The fraction of sp³-hybridized carbons (Fsp3) is 0.481. The van der Waals surface area contributed by atoms with Crippen molar-refractivity contribution < 1.29 is 72.4 Å². The highest BCUT2D eigenvalue weighted by molar-refractivity contribution is 5.37. The van der Waals surface area contributed by atoms with Crippen LogP contribution in [0.5, 0.6) is 0 Å². The molecule has 0 spiro atoms. The normalized spacial score (nSPS) is 23.1. The fourth-order valence-corrected chi connectivity index (χ4v) is 11.0. The van der Waals surface area contributed by atoms with E-state index in [2.05, 4.69) is 20.4 Å². The number of aromatic nitrogens is 6. The van der Waals surface area contributed by atoms with Gasteiger partial charge in [-0.3, -0.25) is 9.13 Å². The van der Waals surface area contributed by atoms with Gasteiger partial charge in [0.15, 0.2) is 0 Å². The molecule has 0 amide bonds. The zero-order valence-corrected chi connectivity index (χ0v) is 42.3. The van der Waals surface area contributed by atoms with Crippen LogP contribution >= 0.6 is 0 Å². The maximum atomic E-state index is 13.4. The SMILES string of the molecule is C[C@@H](OCC1(c2ccccc2)CCC(CCO)(n2cn[nH]c2=O)CC1)c1cc(C(F)(F)F)cc(C(F)(F)F)c1.C[C@@H](OCC1(c2ccccc2)CCC(CCO)(n2cn[nH]c2=O)CC1)c1cc(C(F)(F)F)cc(C(F)(F)F)c1. The van der Waals surface area contributed by atoms with Crippen LogP contribution in [-0.2, 0) is 56.1 Å². The van der Waals surface area contributed by atoms with Crippen molar-refractivity contribution in [1.82, 2.24) is 29.5 Å². The van der Waals surface area contributed by atoms with Gasteiger partial charge in [-0.15, -0.1) is 0 Å². The van der Waals surface area contributed by atoms with Crippen molar-refractivity contribution in [2.75, 3.05) is 26.4 Å². The number of aromatic amines is 2. The minimum Gasteiger partial charge on any atom is -0.396 e. The van der Waals surface area contributed by atoms with Gasteiger partial charge in [0, 0.05) is 24.0 Å². The number of rotatable bonds is 16. The zero-order valence-electron chi connectivity index (χ0n) is 42.3. The molecule has 2 aromatic heterocycles. The quantitative estimate of drug-likeness (QED) is 0.0697. The summed E-state index contributed by atoms with van der Waals surface area (Å²) in [5.41, 5.74) is -7.60. The van der Waals surface area contributed by atoms with Gasteiger partial charge >= 0.3 is 36.1 Å². The Morgan fingerprint density at radius 1 is 0.500 bits per heavy atom. The molecule has 12 nitrogen and oxygen atoms in total. The summed E-state index contributed by atoms with van der Waals surface area (Å²) in [5.74, 6) is 0. The Kier molecular flexibility index (Phi) is 17.7. The molecule has 0 radical (unpaired) electrons. The van der Waals surface area contributed by atoms with Crippen molar-refractivity contribution in [3.05, 3.63) is 175 Å². The third-order valence-electron chi connectivity index (χ3n) is 15.7. The molecule has 2 fully saturated rings. The fourth-order valence-electron chi connectivity index (χ4n) is 11.0. The molecule has 2 heterocycles. The Hall–Kier alpha value is -6.24. The summed E-state index contributed by atoms with van der Waals surface area (Å²) in [6, 6.07) is 21.6. The standard InChI is InChI=1S/2C27H29F6N3O3/c2*1-18(19-13-21(26(28,29)30)15-22(14-19)27(31,32)33)39-16-24(20-5-3-2-4-6-20)7-9-25(10-8-24,11-12-37)36-17-34-35-23(36)38/h2*2-6,13-15,17-18,37H,7-12,16H2,1H3,(H,35,38)/t2*18-,24?,25?/m11/s1. The Morgan fingerprint density at radius 3 is 1.04 bits per heavy atom. The van der Waals surface area contributed by atoms with E-state index in [1.807, 2.05) is 60.7 Å². The van der Waals surface area contributed by atoms with Crippen LogP contribution in [0.1, 0.15) is 135 Å². The van der Waals surface area contributed by atoms with Crippen molar-refractivity contribution in [2.24, 2.45) is 0 Å².